The molecule has 0 heterocycles. The monoisotopic (exact) mass is 266 g/mol. The third-order valence-electron chi connectivity index (χ3n) is 3.37. The third-order valence-corrected chi connectivity index (χ3v) is 3.37. The van der Waals surface area contributed by atoms with Gasteiger partial charge >= 0.3 is 0 Å². The number of hydrogen-bond donors (Lipinski definition) is 2. The standard InChI is InChI=1S/C16H27NO2/c1-5-13(4)15-8-6-7-9-16(15)19-11-14(18)10-17-12(2)3/h6-9,12-14,17-18H,5,10-11H2,1-4H3/p+1/t13-,14+/m0/s1. The van der Waals surface area contributed by atoms with E-state index in [0.29, 0.717) is 25.1 Å². The molecular formula is C16H28NO2+. The van der Waals surface area contributed by atoms with Crippen LogP contribution in [-0.2, 0) is 0 Å². The van der Waals surface area contributed by atoms with Crippen molar-refractivity contribution in [3.05, 3.63) is 29.8 Å². The molecule has 0 unspecified atom stereocenters. The van der Waals surface area contributed by atoms with Crippen LogP contribution in [0.4, 0.5) is 0 Å². The van der Waals surface area contributed by atoms with Crippen molar-refractivity contribution in [3.8, 4) is 5.75 Å². The minimum Gasteiger partial charge on any atom is -0.490 e. The fraction of sp³-hybridized carbons (Fsp3) is 0.625. The van der Waals surface area contributed by atoms with Gasteiger partial charge in [0.1, 0.15) is 25.0 Å². The highest BCUT2D eigenvalue weighted by Gasteiger charge is 2.12. The maximum atomic E-state index is 9.89. The summed E-state index contributed by atoms with van der Waals surface area (Å²) in [7, 11) is 0. The molecule has 0 radical (unpaired) electrons. The molecule has 0 aliphatic heterocycles. The zero-order valence-corrected chi connectivity index (χ0v) is 12.6. The highest BCUT2D eigenvalue weighted by atomic mass is 16.5. The Morgan fingerprint density at radius 2 is 1.89 bits per heavy atom. The molecule has 0 fully saturated rings. The number of quaternary nitrogens is 1. The van der Waals surface area contributed by atoms with Gasteiger partial charge < -0.3 is 15.2 Å². The van der Waals surface area contributed by atoms with Gasteiger partial charge in [-0.05, 0) is 37.8 Å². The van der Waals surface area contributed by atoms with Gasteiger partial charge in [-0.3, -0.25) is 0 Å². The number of nitrogens with two attached hydrogens (primary N) is 1. The lowest BCUT2D eigenvalue weighted by Crippen LogP contribution is -2.90. The first-order valence-corrected chi connectivity index (χ1v) is 7.27. The van der Waals surface area contributed by atoms with Crippen LogP contribution in [0.15, 0.2) is 24.3 Å². The molecular weight excluding hydrogens is 238 g/mol. The molecule has 1 aromatic rings. The second-order valence-electron chi connectivity index (χ2n) is 5.53. The van der Waals surface area contributed by atoms with Crippen LogP contribution in [0.1, 0.15) is 45.6 Å². The molecule has 1 rings (SSSR count). The lowest BCUT2D eigenvalue weighted by atomic mass is 9.98. The van der Waals surface area contributed by atoms with Crippen molar-refractivity contribution in [2.45, 2.75) is 52.2 Å². The molecule has 0 spiro atoms. The Balaban J connectivity index is 2.53. The van der Waals surface area contributed by atoms with Crippen LogP contribution in [-0.4, -0.2) is 30.4 Å². The lowest BCUT2D eigenvalue weighted by molar-refractivity contribution is -0.688. The zero-order chi connectivity index (χ0) is 14.3. The molecule has 0 saturated carbocycles. The normalized spacial score (nSPS) is 14.4. The smallest absolute Gasteiger partial charge is 0.137 e. The van der Waals surface area contributed by atoms with Gasteiger partial charge in [-0.2, -0.15) is 0 Å². The number of aliphatic hydroxyl groups is 1. The van der Waals surface area contributed by atoms with Crippen molar-refractivity contribution >= 4 is 0 Å². The van der Waals surface area contributed by atoms with E-state index in [-0.39, 0.29) is 0 Å². The van der Waals surface area contributed by atoms with Gasteiger partial charge in [0.15, 0.2) is 0 Å². The number of hydrogen-bond acceptors (Lipinski definition) is 2. The molecule has 0 bridgehead atoms. The Bertz CT molecular complexity index is 366. The van der Waals surface area contributed by atoms with Crippen molar-refractivity contribution in [2.75, 3.05) is 13.2 Å². The number of ether oxygens (including phenoxy) is 1. The zero-order valence-electron chi connectivity index (χ0n) is 12.6. The molecule has 0 amide bonds. The SMILES string of the molecule is CC[C@H](C)c1ccccc1OC[C@H](O)C[NH2+]C(C)C. The Morgan fingerprint density at radius 3 is 2.53 bits per heavy atom. The molecule has 0 saturated heterocycles. The molecule has 0 aliphatic rings. The maximum absolute atomic E-state index is 9.89. The van der Waals surface area contributed by atoms with Crippen molar-refractivity contribution in [1.29, 1.82) is 0 Å². The second kappa shape index (κ2) is 8.18. The van der Waals surface area contributed by atoms with Crippen LogP contribution in [0.3, 0.4) is 0 Å². The Hall–Kier alpha value is -1.06. The van der Waals surface area contributed by atoms with Crippen molar-refractivity contribution < 1.29 is 15.2 Å². The molecule has 108 valence electrons. The van der Waals surface area contributed by atoms with Gasteiger partial charge in [0.05, 0.1) is 6.04 Å². The summed E-state index contributed by atoms with van der Waals surface area (Å²) >= 11 is 0. The van der Waals surface area contributed by atoms with E-state index in [1.165, 1.54) is 5.56 Å². The fourth-order valence-corrected chi connectivity index (χ4v) is 1.92. The maximum Gasteiger partial charge on any atom is 0.137 e. The number of aliphatic hydroxyl groups excluding tert-OH is 1. The van der Waals surface area contributed by atoms with E-state index >= 15 is 0 Å². The number of rotatable bonds is 8. The van der Waals surface area contributed by atoms with Crippen molar-refractivity contribution in [2.24, 2.45) is 0 Å². The van der Waals surface area contributed by atoms with Gasteiger partial charge in [0, 0.05) is 0 Å². The summed E-state index contributed by atoms with van der Waals surface area (Å²) in [5, 5.41) is 12.0. The number of benzene rings is 1. The summed E-state index contributed by atoms with van der Waals surface area (Å²) in [6, 6.07) is 8.61. The second-order valence-corrected chi connectivity index (χ2v) is 5.53. The molecule has 3 N–H and O–H groups in total. The Morgan fingerprint density at radius 1 is 1.21 bits per heavy atom. The molecule has 3 heteroatoms. The van der Waals surface area contributed by atoms with Crippen molar-refractivity contribution in [1.82, 2.24) is 0 Å². The summed E-state index contributed by atoms with van der Waals surface area (Å²) in [6.45, 7) is 9.65. The van der Waals surface area contributed by atoms with Gasteiger partial charge in [0.2, 0.25) is 0 Å². The summed E-state index contributed by atoms with van der Waals surface area (Å²) < 4.78 is 5.78. The van der Waals surface area contributed by atoms with Crippen molar-refractivity contribution in [3.63, 3.8) is 0 Å². The molecule has 0 aromatic heterocycles. The summed E-state index contributed by atoms with van der Waals surface area (Å²) in [6.07, 6.45) is 0.664. The molecule has 19 heavy (non-hydrogen) atoms. The molecule has 3 nitrogen and oxygen atoms in total. The van der Waals surface area contributed by atoms with E-state index < -0.39 is 6.10 Å². The first-order valence-electron chi connectivity index (χ1n) is 7.27. The Kier molecular flexibility index (Phi) is 6.89. The average Bonchev–Trinajstić information content (AvgIpc) is 2.42. The molecule has 0 aliphatic carbocycles. The highest BCUT2D eigenvalue weighted by Crippen LogP contribution is 2.28. The van der Waals surface area contributed by atoms with Gasteiger partial charge in [-0.25, -0.2) is 0 Å². The van der Waals surface area contributed by atoms with Gasteiger partial charge in [0.25, 0.3) is 0 Å². The van der Waals surface area contributed by atoms with E-state index in [0.717, 1.165) is 12.2 Å². The van der Waals surface area contributed by atoms with Crippen LogP contribution in [0.5, 0.6) is 5.75 Å². The summed E-state index contributed by atoms with van der Waals surface area (Å²) in [4.78, 5) is 0. The van der Waals surface area contributed by atoms with E-state index in [2.05, 4.69) is 39.1 Å². The minimum absolute atomic E-state index is 0.358. The van der Waals surface area contributed by atoms with Crippen LogP contribution in [0.2, 0.25) is 0 Å². The van der Waals surface area contributed by atoms with Crippen LogP contribution >= 0.6 is 0 Å². The van der Waals surface area contributed by atoms with E-state index in [4.69, 9.17) is 4.74 Å². The molecule has 1 aromatic carbocycles. The first-order chi connectivity index (χ1) is 9.04. The van der Waals surface area contributed by atoms with Crippen LogP contribution in [0.25, 0.3) is 0 Å². The quantitative estimate of drug-likeness (QED) is 0.755. The summed E-state index contributed by atoms with van der Waals surface area (Å²) in [5.74, 6) is 1.39. The van der Waals surface area contributed by atoms with E-state index in [9.17, 15) is 5.11 Å². The predicted octanol–water partition coefficient (Wildman–Crippen LogP) is 1.91. The minimum atomic E-state index is -0.424. The average molecular weight is 266 g/mol. The lowest BCUT2D eigenvalue weighted by Gasteiger charge is -2.17. The number of para-hydroxylation sites is 1. The van der Waals surface area contributed by atoms with Gasteiger partial charge in [-0.1, -0.05) is 32.0 Å². The third kappa shape index (κ3) is 5.62. The van der Waals surface area contributed by atoms with E-state index in [1.807, 2.05) is 18.2 Å². The highest BCUT2D eigenvalue weighted by molar-refractivity contribution is 5.35. The molecule has 2 atom stereocenters. The fourth-order valence-electron chi connectivity index (χ4n) is 1.92. The van der Waals surface area contributed by atoms with Crippen LogP contribution < -0.4 is 10.1 Å². The largest absolute Gasteiger partial charge is 0.490 e. The van der Waals surface area contributed by atoms with E-state index in [1.54, 1.807) is 0 Å². The summed E-state index contributed by atoms with van der Waals surface area (Å²) in [5.41, 5.74) is 1.23. The predicted molar refractivity (Wildman–Crippen MR) is 78.6 cm³/mol. The van der Waals surface area contributed by atoms with Crippen LogP contribution in [0, 0.1) is 0 Å². The Labute approximate surface area is 117 Å². The topological polar surface area (TPSA) is 46.1 Å². The van der Waals surface area contributed by atoms with Gasteiger partial charge in [-0.15, -0.1) is 0 Å². The first kappa shape index (κ1) is 16.0.